The van der Waals surface area contributed by atoms with E-state index in [0.29, 0.717) is 11.4 Å². The molecular formula is C15H17NOS. The van der Waals surface area contributed by atoms with Crippen molar-refractivity contribution in [1.82, 2.24) is 0 Å². The van der Waals surface area contributed by atoms with E-state index in [9.17, 15) is 5.11 Å². The first-order valence-electron chi connectivity index (χ1n) is 5.86. The molecule has 2 nitrogen and oxygen atoms in total. The average Bonchev–Trinajstić information content (AvgIpc) is 2.36. The highest BCUT2D eigenvalue weighted by atomic mass is 32.2. The van der Waals surface area contributed by atoms with Crippen molar-refractivity contribution in [3.05, 3.63) is 59.2 Å². The van der Waals surface area contributed by atoms with Crippen LogP contribution in [0.5, 0.6) is 5.75 Å². The Morgan fingerprint density at radius 1 is 1.06 bits per heavy atom. The fourth-order valence-corrected chi connectivity index (χ4v) is 2.86. The summed E-state index contributed by atoms with van der Waals surface area (Å²) in [6.07, 6.45) is 0. The van der Waals surface area contributed by atoms with Crippen LogP contribution in [0.3, 0.4) is 0 Å². The normalized spacial score (nSPS) is 10.5. The van der Waals surface area contributed by atoms with E-state index >= 15 is 0 Å². The predicted molar refractivity (Wildman–Crippen MR) is 78.7 cm³/mol. The van der Waals surface area contributed by atoms with Crippen LogP contribution < -0.4 is 5.73 Å². The van der Waals surface area contributed by atoms with Crippen LogP contribution in [0, 0.1) is 6.92 Å². The minimum Gasteiger partial charge on any atom is -0.508 e. The maximum atomic E-state index is 9.72. The second kappa shape index (κ2) is 5.83. The molecule has 0 aliphatic carbocycles. The van der Waals surface area contributed by atoms with Crippen molar-refractivity contribution in [3.8, 4) is 5.75 Å². The molecule has 18 heavy (non-hydrogen) atoms. The van der Waals surface area contributed by atoms with E-state index < -0.39 is 0 Å². The standard InChI is InChI=1S/C15H17NOS/c1-11-4-2-3-5-12(11)9-18-10-13-8-14(16)6-7-15(13)17/h2-8,17H,9-10,16H2,1H3. The summed E-state index contributed by atoms with van der Waals surface area (Å²) < 4.78 is 0. The Morgan fingerprint density at radius 2 is 1.78 bits per heavy atom. The summed E-state index contributed by atoms with van der Waals surface area (Å²) in [6.45, 7) is 2.12. The van der Waals surface area contributed by atoms with E-state index in [4.69, 9.17) is 5.73 Å². The summed E-state index contributed by atoms with van der Waals surface area (Å²) in [5, 5.41) is 9.72. The van der Waals surface area contributed by atoms with Gasteiger partial charge in [-0.2, -0.15) is 11.8 Å². The first kappa shape index (κ1) is 12.8. The van der Waals surface area contributed by atoms with E-state index in [1.807, 2.05) is 12.1 Å². The number of thioether (sulfide) groups is 1. The molecule has 0 unspecified atom stereocenters. The maximum Gasteiger partial charge on any atom is 0.119 e. The quantitative estimate of drug-likeness (QED) is 0.650. The Balaban J connectivity index is 1.96. The Hall–Kier alpha value is -1.61. The van der Waals surface area contributed by atoms with Gasteiger partial charge >= 0.3 is 0 Å². The van der Waals surface area contributed by atoms with E-state index in [1.165, 1.54) is 11.1 Å². The van der Waals surface area contributed by atoms with Gasteiger partial charge in [0.1, 0.15) is 5.75 Å². The van der Waals surface area contributed by atoms with E-state index in [1.54, 1.807) is 23.9 Å². The number of phenolic OH excluding ortho intramolecular Hbond substituents is 1. The zero-order valence-corrected chi connectivity index (χ0v) is 11.2. The predicted octanol–water partition coefficient (Wildman–Crippen LogP) is 3.72. The van der Waals surface area contributed by atoms with E-state index in [0.717, 1.165) is 17.1 Å². The summed E-state index contributed by atoms with van der Waals surface area (Å²) in [4.78, 5) is 0. The summed E-state index contributed by atoms with van der Waals surface area (Å²) in [5.41, 5.74) is 9.95. The molecule has 2 aromatic carbocycles. The molecule has 0 aliphatic heterocycles. The third-order valence-corrected chi connectivity index (χ3v) is 3.91. The SMILES string of the molecule is Cc1ccccc1CSCc1cc(N)ccc1O. The lowest BCUT2D eigenvalue weighted by atomic mass is 10.1. The second-order valence-corrected chi connectivity index (χ2v) is 5.29. The number of aryl methyl sites for hydroxylation is 1. The minimum atomic E-state index is 0.321. The number of aromatic hydroxyl groups is 1. The van der Waals surface area contributed by atoms with Crippen LogP contribution in [0.1, 0.15) is 16.7 Å². The molecule has 2 rings (SSSR count). The largest absolute Gasteiger partial charge is 0.508 e. The fraction of sp³-hybridized carbons (Fsp3) is 0.200. The molecule has 0 heterocycles. The van der Waals surface area contributed by atoms with Gasteiger partial charge in [-0.3, -0.25) is 0 Å². The molecule has 0 atom stereocenters. The van der Waals surface area contributed by atoms with E-state index in [-0.39, 0.29) is 0 Å². The molecule has 3 N–H and O–H groups in total. The summed E-state index contributed by atoms with van der Waals surface area (Å²) in [5.74, 6) is 2.04. The number of rotatable bonds is 4. The van der Waals surface area contributed by atoms with Gasteiger partial charge in [0.2, 0.25) is 0 Å². The van der Waals surface area contributed by atoms with Crippen LogP contribution in [0.2, 0.25) is 0 Å². The first-order chi connectivity index (χ1) is 8.66. The Labute approximate surface area is 112 Å². The Morgan fingerprint density at radius 3 is 2.56 bits per heavy atom. The van der Waals surface area contributed by atoms with Gasteiger partial charge in [0.05, 0.1) is 0 Å². The fourth-order valence-electron chi connectivity index (χ4n) is 1.76. The van der Waals surface area contributed by atoms with Crippen molar-refractivity contribution >= 4 is 17.4 Å². The Bertz CT molecular complexity index is 540. The van der Waals surface area contributed by atoms with Crippen LogP contribution in [-0.2, 0) is 11.5 Å². The van der Waals surface area contributed by atoms with Gasteiger partial charge in [0.15, 0.2) is 0 Å². The van der Waals surface area contributed by atoms with Gasteiger partial charge < -0.3 is 10.8 Å². The topological polar surface area (TPSA) is 46.2 Å². The molecule has 94 valence electrons. The number of hydrogen-bond donors (Lipinski definition) is 2. The highest BCUT2D eigenvalue weighted by Crippen LogP contribution is 2.26. The number of benzene rings is 2. The number of nitrogens with two attached hydrogens (primary N) is 1. The molecule has 0 saturated carbocycles. The van der Waals surface area contributed by atoms with Gasteiger partial charge in [-0.25, -0.2) is 0 Å². The molecule has 0 bridgehead atoms. The lowest BCUT2D eigenvalue weighted by Gasteiger charge is -2.07. The lowest BCUT2D eigenvalue weighted by Crippen LogP contribution is -1.90. The molecule has 2 aromatic rings. The smallest absolute Gasteiger partial charge is 0.119 e. The molecule has 0 amide bonds. The molecule has 0 spiro atoms. The molecule has 0 aromatic heterocycles. The van der Waals surface area contributed by atoms with Crippen molar-refractivity contribution in [2.24, 2.45) is 0 Å². The third kappa shape index (κ3) is 3.20. The zero-order valence-electron chi connectivity index (χ0n) is 10.4. The van der Waals surface area contributed by atoms with Gasteiger partial charge in [-0.1, -0.05) is 24.3 Å². The van der Waals surface area contributed by atoms with E-state index in [2.05, 4.69) is 25.1 Å². The van der Waals surface area contributed by atoms with Crippen molar-refractivity contribution in [2.45, 2.75) is 18.4 Å². The average molecular weight is 259 g/mol. The lowest BCUT2D eigenvalue weighted by molar-refractivity contribution is 0.471. The molecule has 0 saturated heterocycles. The van der Waals surface area contributed by atoms with Crippen molar-refractivity contribution in [1.29, 1.82) is 0 Å². The van der Waals surface area contributed by atoms with Crippen LogP contribution in [0.15, 0.2) is 42.5 Å². The monoisotopic (exact) mass is 259 g/mol. The highest BCUT2D eigenvalue weighted by Gasteiger charge is 2.03. The summed E-state index contributed by atoms with van der Waals surface area (Å²) in [7, 11) is 0. The Kier molecular flexibility index (Phi) is 4.15. The number of phenols is 1. The number of hydrogen-bond acceptors (Lipinski definition) is 3. The third-order valence-electron chi connectivity index (χ3n) is 2.88. The maximum absolute atomic E-state index is 9.72. The van der Waals surface area contributed by atoms with Gasteiger partial charge in [0, 0.05) is 22.8 Å². The zero-order chi connectivity index (χ0) is 13.0. The highest BCUT2D eigenvalue weighted by molar-refractivity contribution is 7.97. The summed E-state index contributed by atoms with van der Waals surface area (Å²) >= 11 is 1.78. The van der Waals surface area contributed by atoms with Crippen molar-refractivity contribution in [2.75, 3.05) is 5.73 Å². The van der Waals surface area contributed by atoms with Gasteiger partial charge in [-0.15, -0.1) is 0 Å². The van der Waals surface area contributed by atoms with Gasteiger partial charge in [0.25, 0.3) is 0 Å². The van der Waals surface area contributed by atoms with Crippen LogP contribution in [-0.4, -0.2) is 5.11 Å². The van der Waals surface area contributed by atoms with Crippen molar-refractivity contribution in [3.63, 3.8) is 0 Å². The molecule has 0 aliphatic rings. The van der Waals surface area contributed by atoms with Crippen LogP contribution >= 0.6 is 11.8 Å². The molecule has 0 fully saturated rings. The number of nitrogen functional groups attached to an aromatic ring is 1. The van der Waals surface area contributed by atoms with Crippen LogP contribution in [0.25, 0.3) is 0 Å². The number of anilines is 1. The summed E-state index contributed by atoms with van der Waals surface area (Å²) in [6, 6.07) is 13.6. The second-order valence-electron chi connectivity index (χ2n) is 4.31. The van der Waals surface area contributed by atoms with Crippen LogP contribution in [0.4, 0.5) is 5.69 Å². The van der Waals surface area contributed by atoms with Gasteiger partial charge in [-0.05, 0) is 36.2 Å². The molecule has 3 heteroatoms. The van der Waals surface area contributed by atoms with Crippen molar-refractivity contribution < 1.29 is 5.11 Å². The molecule has 0 radical (unpaired) electrons. The first-order valence-corrected chi connectivity index (χ1v) is 7.02. The minimum absolute atomic E-state index is 0.321. The molecular weight excluding hydrogens is 242 g/mol.